The molecule has 3 aromatic rings. The van der Waals surface area contributed by atoms with Crippen LogP contribution in [-0.4, -0.2) is 12.6 Å². The maximum Gasteiger partial charge on any atom is 0.336 e. The largest absolute Gasteiger partial charge is 0.494 e. The third-order valence-corrected chi connectivity index (χ3v) is 5.63. The molecule has 6 nitrogen and oxygen atoms in total. The Morgan fingerprint density at radius 2 is 1.83 bits per heavy atom. The Hall–Kier alpha value is -4.21. The van der Waals surface area contributed by atoms with Crippen molar-refractivity contribution in [2.24, 2.45) is 5.73 Å². The van der Waals surface area contributed by atoms with Crippen molar-refractivity contribution < 1.29 is 19.0 Å². The van der Waals surface area contributed by atoms with E-state index in [1.807, 2.05) is 31.2 Å². The first-order valence-electron chi connectivity index (χ1n) is 11.1. The van der Waals surface area contributed by atoms with Gasteiger partial charge in [0, 0.05) is 22.7 Å². The molecule has 0 bridgehead atoms. The lowest BCUT2D eigenvalue weighted by atomic mass is 9.83. The fourth-order valence-electron chi connectivity index (χ4n) is 3.71. The SMILES string of the molecule is CCCOc1ccc(C2C(C#N)=C(N)Oc3cc(OC(=O)/C=C/c4ccc(Cl)cc4)ccc32)cc1. The number of fused-ring (bicyclic) bond motifs is 1. The average Bonchev–Trinajstić information content (AvgIpc) is 2.86. The van der Waals surface area contributed by atoms with E-state index in [0.29, 0.717) is 28.7 Å². The number of nitrogens with zero attached hydrogens (tertiary/aromatic N) is 1. The molecule has 1 aliphatic heterocycles. The lowest BCUT2D eigenvalue weighted by Crippen LogP contribution is -2.21. The molecule has 176 valence electrons. The molecule has 0 saturated carbocycles. The molecule has 35 heavy (non-hydrogen) atoms. The fourth-order valence-corrected chi connectivity index (χ4v) is 3.83. The van der Waals surface area contributed by atoms with Crippen molar-refractivity contribution in [3.63, 3.8) is 0 Å². The van der Waals surface area contributed by atoms with Gasteiger partial charge in [-0.05, 0) is 54.0 Å². The Morgan fingerprint density at radius 1 is 1.11 bits per heavy atom. The highest BCUT2D eigenvalue weighted by Crippen LogP contribution is 2.43. The number of halogens is 1. The fraction of sp³-hybridized carbons (Fsp3) is 0.143. The van der Waals surface area contributed by atoms with Gasteiger partial charge in [-0.1, -0.05) is 48.9 Å². The van der Waals surface area contributed by atoms with E-state index < -0.39 is 11.9 Å². The first kappa shape index (κ1) is 23.9. The van der Waals surface area contributed by atoms with Crippen molar-refractivity contribution in [2.45, 2.75) is 19.3 Å². The Labute approximate surface area is 208 Å². The molecule has 1 unspecified atom stereocenters. The molecule has 0 aliphatic carbocycles. The van der Waals surface area contributed by atoms with Crippen LogP contribution >= 0.6 is 11.6 Å². The summed E-state index contributed by atoms with van der Waals surface area (Å²) in [6, 6.07) is 21.8. The van der Waals surface area contributed by atoms with Crippen molar-refractivity contribution in [1.82, 2.24) is 0 Å². The molecule has 0 amide bonds. The maximum absolute atomic E-state index is 12.3. The van der Waals surface area contributed by atoms with Crippen LogP contribution in [0.5, 0.6) is 17.2 Å². The van der Waals surface area contributed by atoms with Gasteiger partial charge in [-0.2, -0.15) is 5.26 Å². The van der Waals surface area contributed by atoms with Crippen molar-refractivity contribution in [3.8, 4) is 23.3 Å². The molecule has 0 fully saturated rings. The van der Waals surface area contributed by atoms with Gasteiger partial charge in [0.1, 0.15) is 28.9 Å². The van der Waals surface area contributed by atoms with Crippen LogP contribution in [0.1, 0.15) is 36.0 Å². The Balaban J connectivity index is 1.56. The quantitative estimate of drug-likeness (QED) is 0.251. The Bertz CT molecular complexity index is 1320. The summed E-state index contributed by atoms with van der Waals surface area (Å²) in [6.45, 7) is 2.67. The van der Waals surface area contributed by atoms with Crippen molar-refractivity contribution in [2.75, 3.05) is 6.61 Å². The van der Waals surface area contributed by atoms with Gasteiger partial charge in [0.15, 0.2) is 0 Å². The lowest BCUT2D eigenvalue weighted by molar-refractivity contribution is -0.128. The van der Waals surface area contributed by atoms with Gasteiger partial charge in [0.25, 0.3) is 0 Å². The number of nitrogens with two attached hydrogens (primary N) is 1. The minimum absolute atomic E-state index is 0.0161. The Morgan fingerprint density at radius 3 is 2.51 bits per heavy atom. The second kappa shape index (κ2) is 10.8. The summed E-state index contributed by atoms with van der Waals surface area (Å²) in [5.41, 5.74) is 8.83. The monoisotopic (exact) mass is 486 g/mol. The summed E-state index contributed by atoms with van der Waals surface area (Å²) >= 11 is 5.88. The summed E-state index contributed by atoms with van der Waals surface area (Å²) < 4.78 is 16.8. The van der Waals surface area contributed by atoms with Gasteiger partial charge < -0.3 is 19.9 Å². The van der Waals surface area contributed by atoms with Crippen molar-refractivity contribution in [3.05, 3.63) is 106 Å². The van der Waals surface area contributed by atoms with Crippen LogP contribution in [0.4, 0.5) is 0 Å². The number of esters is 1. The van der Waals surface area contributed by atoms with Crippen LogP contribution in [0.25, 0.3) is 6.08 Å². The molecule has 7 heteroatoms. The van der Waals surface area contributed by atoms with Gasteiger partial charge in [-0.3, -0.25) is 0 Å². The second-order valence-electron chi connectivity index (χ2n) is 7.85. The number of carbonyl (C=O) groups excluding carboxylic acids is 1. The minimum Gasteiger partial charge on any atom is -0.494 e. The topological polar surface area (TPSA) is 94.6 Å². The van der Waals surface area contributed by atoms with Crippen LogP contribution in [0, 0.1) is 11.3 Å². The van der Waals surface area contributed by atoms with Crippen molar-refractivity contribution in [1.29, 1.82) is 5.26 Å². The van der Waals surface area contributed by atoms with E-state index in [0.717, 1.165) is 28.9 Å². The number of rotatable bonds is 7. The predicted molar refractivity (Wildman–Crippen MR) is 134 cm³/mol. The van der Waals surface area contributed by atoms with E-state index in [9.17, 15) is 10.1 Å². The van der Waals surface area contributed by atoms with E-state index in [2.05, 4.69) is 6.07 Å². The van der Waals surface area contributed by atoms with Gasteiger partial charge in [0.05, 0.1) is 12.5 Å². The first-order chi connectivity index (χ1) is 17.0. The highest BCUT2D eigenvalue weighted by atomic mass is 35.5. The number of benzene rings is 3. The number of allylic oxidation sites excluding steroid dienone is 1. The summed E-state index contributed by atoms with van der Waals surface area (Å²) in [4.78, 5) is 12.3. The summed E-state index contributed by atoms with van der Waals surface area (Å²) in [5.74, 6) is 0.527. The summed E-state index contributed by atoms with van der Waals surface area (Å²) in [5, 5.41) is 10.4. The zero-order valence-electron chi connectivity index (χ0n) is 19.0. The molecule has 1 aliphatic rings. The van der Waals surface area contributed by atoms with Crippen LogP contribution < -0.4 is 19.9 Å². The standard InChI is InChI=1S/C28H23ClN2O4/c1-2-15-33-21-10-6-19(7-11-21)27-23-13-12-22(16-25(23)35-28(31)24(27)17-30)34-26(32)14-5-18-3-8-20(29)9-4-18/h3-14,16,27H,2,15,31H2,1H3/b14-5+. The van der Waals surface area contributed by atoms with E-state index in [1.54, 1.807) is 48.5 Å². The van der Waals surface area contributed by atoms with E-state index >= 15 is 0 Å². The third kappa shape index (κ3) is 5.65. The van der Waals surface area contributed by atoms with E-state index in [1.165, 1.54) is 6.08 Å². The highest BCUT2D eigenvalue weighted by Gasteiger charge is 2.31. The van der Waals surface area contributed by atoms with Gasteiger partial charge in [-0.15, -0.1) is 0 Å². The Kier molecular flexibility index (Phi) is 7.39. The van der Waals surface area contributed by atoms with Gasteiger partial charge in [-0.25, -0.2) is 4.79 Å². The zero-order valence-corrected chi connectivity index (χ0v) is 19.8. The molecule has 1 heterocycles. The number of nitriles is 1. The molecular weight excluding hydrogens is 464 g/mol. The van der Waals surface area contributed by atoms with Crippen LogP contribution in [0.3, 0.4) is 0 Å². The van der Waals surface area contributed by atoms with Gasteiger partial charge in [0.2, 0.25) is 5.88 Å². The number of carbonyl (C=O) groups is 1. The van der Waals surface area contributed by atoms with E-state index in [-0.39, 0.29) is 5.88 Å². The number of ether oxygens (including phenoxy) is 3. The van der Waals surface area contributed by atoms with Crippen molar-refractivity contribution >= 4 is 23.6 Å². The lowest BCUT2D eigenvalue weighted by Gasteiger charge is -2.26. The van der Waals surface area contributed by atoms with Crippen LogP contribution in [0.2, 0.25) is 5.02 Å². The number of hydrogen-bond donors (Lipinski definition) is 1. The van der Waals surface area contributed by atoms with Gasteiger partial charge >= 0.3 is 5.97 Å². The number of hydrogen-bond acceptors (Lipinski definition) is 6. The highest BCUT2D eigenvalue weighted by molar-refractivity contribution is 6.30. The second-order valence-corrected chi connectivity index (χ2v) is 8.28. The summed E-state index contributed by atoms with van der Waals surface area (Å²) in [6.07, 6.45) is 3.88. The first-order valence-corrected chi connectivity index (χ1v) is 11.5. The van der Waals surface area contributed by atoms with E-state index in [4.69, 9.17) is 31.5 Å². The predicted octanol–water partition coefficient (Wildman–Crippen LogP) is 5.97. The summed E-state index contributed by atoms with van der Waals surface area (Å²) in [7, 11) is 0. The molecule has 1 atom stereocenters. The average molecular weight is 487 g/mol. The zero-order chi connectivity index (χ0) is 24.8. The normalized spacial score (nSPS) is 14.7. The molecule has 4 rings (SSSR count). The minimum atomic E-state index is -0.545. The molecule has 3 aromatic carbocycles. The molecule has 0 saturated heterocycles. The third-order valence-electron chi connectivity index (χ3n) is 5.38. The van der Waals surface area contributed by atoms with Crippen LogP contribution in [-0.2, 0) is 4.79 Å². The molecule has 2 N–H and O–H groups in total. The maximum atomic E-state index is 12.3. The molecule has 0 aromatic heterocycles. The molecule has 0 radical (unpaired) electrons. The smallest absolute Gasteiger partial charge is 0.336 e. The molecular formula is C28H23ClN2O4. The molecule has 0 spiro atoms. The van der Waals surface area contributed by atoms with Crippen LogP contribution in [0.15, 0.2) is 84.3 Å².